The van der Waals surface area contributed by atoms with E-state index in [2.05, 4.69) is 12.2 Å². The lowest BCUT2D eigenvalue weighted by molar-refractivity contribution is 0.281. The number of anilines is 1. The third kappa shape index (κ3) is 3.28. The van der Waals surface area contributed by atoms with E-state index >= 15 is 0 Å². The van der Waals surface area contributed by atoms with Crippen LogP contribution < -0.4 is 5.32 Å². The first-order valence-electron chi connectivity index (χ1n) is 6.88. The molecule has 1 aromatic rings. The molecule has 1 aliphatic rings. The molecule has 1 N–H and O–H groups in total. The quantitative estimate of drug-likeness (QED) is 0.923. The average Bonchev–Trinajstić information content (AvgIpc) is 2.40. The van der Waals surface area contributed by atoms with Crippen molar-refractivity contribution in [3.05, 3.63) is 24.3 Å². The summed E-state index contributed by atoms with van der Waals surface area (Å²) in [6.45, 7) is 6.23. The second-order valence-electron chi connectivity index (χ2n) is 5.17. The van der Waals surface area contributed by atoms with Crippen LogP contribution in [0.4, 0.5) is 5.69 Å². The molecule has 0 amide bonds. The summed E-state index contributed by atoms with van der Waals surface area (Å²) in [6.07, 6.45) is 2.07. The molecule has 106 valence electrons. The maximum atomic E-state index is 12.5. The molecule has 1 aliphatic heterocycles. The fraction of sp³-hybridized carbons (Fsp3) is 0.571. The first-order valence-corrected chi connectivity index (χ1v) is 8.32. The van der Waals surface area contributed by atoms with Crippen molar-refractivity contribution in [3.8, 4) is 0 Å². The minimum atomic E-state index is -3.32. The lowest BCUT2D eigenvalue weighted by Crippen LogP contribution is -2.39. The number of piperidine rings is 1. The van der Waals surface area contributed by atoms with Crippen molar-refractivity contribution in [1.29, 1.82) is 0 Å². The molecule has 0 radical (unpaired) electrons. The van der Waals surface area contributed by atoms with Crippen LogP contribution in [0, 0.1) is 5.92 Å². The van der Waals surface area contributed by atoms with E-state index in [-0.39, 0.29) is 0 Å². The standard InChI is InChI=1S/C14H22N2O2S/c1-3-15-13-6-8-14(9-7-13)19(17,18)16-10-4-5-12(2)11-16/h6-9,12,15H,3-5,10-11H2,1-2H3. The Morgan fingerprint density at radius 3 is 2.58 bits per heavy atom. The number of hydrogen-bond donors (Lipinski definition) is 1. The Balaban J connectivity index is 2.18. The van der Waals surface area contributed by atoms with Crippen LogP contribution in [-0.2, 0) is 10.0 Å². The van der Waals surface area contributed by atoms with Gasteiger partial charge in [-0.2, -0.15) is 4.31 Å². The van der Waals surface area contributed by atoms with Gasteiger partial charge < -0.3 is 5.32 Å². The summed E-state index contributed by atoms with van der Waals surface area (Å²) >= 11 is 0. The molecule has 1 aromatic carbocycles. The monoisotopic (exact) mass is 282 g/mol. The Hall–Kier alpha value is -1.07. The van der Waals surface area contributed by atoms with Gasteiger partial charge >= 0.3 is 0 Å². The van der Waals surface area contributed by atoms with Gasteiger partial charge in [0.1, 0.15) is 0 Å². The van der Waals surface area contributed by atoms with Gasteiger partial charge in [-0.15, -0.1) is 0 Å². The predicted octanol–water partition coefficient (Wildman–Crippen LogP) is 2.54. The maximum absolute atomic E-state index is 12.5. The highest BCUT2D eigenvalue weighted by Crippen LogP contribution is 2.24. The van der Waals surface area contributed by atoms with E-state index in [1.165, 1.54) is 0 Å². The molecule has 5 heteroatoms. The van der Waals surface area contributed by atoms with E-state index in [1.54, 1.807) is 16.4 Å². The average molecular weight is 282 g/mol. The van der Waals surface area contributed by atoms with E-state index < -0.39 is 10.0 Å². The van der Waals surface area contributed by atoms with Crippen molar-refractivity contribution >= 4 is 15.7 Å². The third-order valence-corrected chi connectivity index (χ3v) is 5.37. The molecule has 0 aliphatic carbocycles. The van der Waals surface area contributed by atoms with Gasteiger partial charge in [0, 0.05) is 25.3 Å². The van der Waals surface area contributed by atoms with Gasteiger partial charge in [0.25, 0.3) is 0 Å². The molecule has 1 atom stereocenters. The summed E-state index contributed by atoms with van der Waals surface area (Å²) in [6, 6.07) is 7.02. The Morgan fingerprint density at radius 1 is 1.32 bits per heavy atom. The molecule has 1 saturated heterocycles. The molecule has 2 rings (SSSR count). The number of rotatable bonds is 4. The lowest BCUT2D eigenvalue weighted by Gasteiger charge is -2.30. The number of sulfonamides is 1. The van der Waals surface area contributed by atoms with E-state index in [4.69, 9.17) is 0 Å². The minimum absolute atomic E-state index is 0.392. The molecular formula is C14H22N2O2S. The van der Waals surface area contributed by atoms with Gasteiger partial charge in [0.2, 0.25) is 10.0 Å². The smallest absolute Gasteiger partial charge is 0.243 e. The Bertz CT molecular complexity index is 511. The van der Waals surface area contributed by atoms with Crippen molar-refractivity contribution in [3.63, 3.8) is 0 Å². The topological polar surface area (TPSA) is 49.4 Å². The van der Waals surface area contributed by atoms with E-state index in [0.717, 1.165) is 25.1 Å². The van der Waals surface area contributed by atoms with Crippen molar-refractivity contribution in [2.75, 3.05) is 25.0 Å². The summed E-state index contributed by atoms with van der Waals surface area (Å²) in [4.78, 5) is 0.392. The van der Waals surface area contributed by atoms with Crippen LogP contribution in [0.3, 0.4) is 0 Å². The highest BCUT2D eigenvalue weighted by atomic mass is 32.2. The lowest BCUT2D eigenvalue weighted by atomic mass is 10.0. The molecule has 0 spiro atoms. The van der Waals surface area contributed by atoms with Crippen LogP contribution >= 0.6 is 0 Å². The first-order chi connectivity index (χ1) is 9.04. The van der Waals surface area contributed by atoms with Gasteiger partial charge in [0.15, 0.2) is 0 Å². The summed E-state index contributed by atoms with van der Waals surface area (Å²) in [5.41, 5.74) is 0.952. The number of nitrogens with zero attached hydrogens (tertiary/aromatic N) is 1. The van der Waals surface area contributed by atoms with E-state index in [0.29, 0.717) is 23.9 Å². The molecule has 1 heterocycles. The summed E-state index contributed by atoms with van der Waals surface area (Å²) in [7, 11) is -3.32. The van der Waals surface area contributed by atoms with E-state index in [9.17, 15) is 8.42 Å². The van der Waals surface area contributed by atoms with Crippen LogP contribution in [-0.4, -0.2) is 32.4 Å². The zero-order valence-electron chi connectivity index (χ0n) is 11.6. The molecular weight excluding hydrogens is 260 g/mol. The van der Waals surface area contributed by atoms with Crippen molar-refractivity contribution < 1.29 is 8.42 Å². The van der Waals surface area contributed by atoms with Gasteiger partial charge in [-0.3, -0.25) is 0 Å². The molecule has 1 unspecified atom stereocenters. The van der Waals surface area contributed by atoms with Gasteiger partial charge in [-0.05, 0) is 49.9 Å². The van der Waals surface area contributed by atoms with E-state index in [1.807, 2.05) is 19.1 Å². The Labute approximate surface area is 115 Å². The molecule has 19 heavy (non-hydrogen) atoms. The van der Waals surface area contributed by atoms with Crippen LogP contribution in [0.2, 0.25) is 0 Å². The second kappa shape index (κ2) is 5.92. The molecule has 0 aromatic heterocycles. The fourth-order valence-electron chi connectivity index (χ4n) is 2.46. The SMILES string of the molecule is CCNc1ccc(S(=O)(=O)N2CCCC(C)C2)cc1. The van der Waals surface area contributed by atoms with Crippen molar-refractivity contribution in [2.24, 2.45) is 5.92 Å². The Kier molecular flexibility index (Phi) is 4.47. The molecule has 1 fully saturated rings. The van der Waals surface area contributed by atoms with Gasteiger partial charge in [-0.25, -0.2) is 8.42 Å². The summed E-state index contributed by atoms with van der Waals surface area (Å²) in [5, 5.41) is 3.16. The van der Waals surface area contributed by atoms with Gasteiger partial charge in [0.05, 0.1) is 4.90 Å². The number of nitrogens with one attached hydrogen (secondary N) is 1. The number of benzene rings is 1. The second-order valence-corrected chi connectivity index (χ2v) is 7.10. The van der Waals surface area contributed by atoms with Crippen LogP contribution in [0.25, 0.3) is 0 Å². The van der Waals surface area contributed by atoms with Crippen LogP contribution in [0.5, 0.6) is 0 Å². The highest BCUT2D eigenvalue weighted by molar-refractivity contribution is 7.89. The van der Waals surface area contributed by atoms with Crippen molar-refractivity contribution in [2.45, 2.75) is 31.6 Å². The molecule has 0 bridgehead atoms. The maximum Gasteiger partial charge on any atom is 0.243 e. The third-order valence-electron chi connectivity index (χ3n) is 3.49. The van der Waals surface area contributed by atoms with Crippen LogP contribution in [0.15, 0.2) is 29.2 Å². The first kappa shape index (κ1) is 14.3. The highest BCUT2D eigenvalue weighted by Gasteiger charge is 2.28. The molecule has 4 nitrogen and oxygen atoms in total. The normalized spacial score (nSPS) is 21.3. The minimum Gasteiger partial charge on any atom is -0.385 e. The summed E-state index contributed by atoms with van der Waals surface area (Å²) in [5.74, 6) is 0.449. The zero-order chi connectivity index (χ0) is 13.9. The van der Waals surface area contributed by atoms with Gasteiger partial charge in [-0.1, -0.05) is 6.92 Å². The number of hydrogen-bond acceptors (Lipinski definition) is 3. The zero-order valence-corrected chi connectivity index (χ0v) is 12.4. The van der Waals surface area contributed by atoms with Crippen molar-refractivity contribution in [1.82, 2.24) is 4.31 Å². The largest absolute Gasteiger partial charge is 0.385 e. The van der Waals surface area contributed by atoms with Crippen LogP contribution in [0.1, 0.15) is 26.7 Å². The predicted molar refractivity (Wildman–Crippen MR) is 77.8 cm³/mol. The fourth-order valence-corrected chi connectivity index (χ4v) is 4.06. The summed E-state index contributed by atoms with van der Waals surface area (Å²) < 4.78 is 26.6. The Morgan fingerprint density at radius 2 is 2.00 bits per heavy atom. The molecule has 0 saturated carbocycles.